The zero-order chi connectivity index (χ0) is 16.4. The molecular weight excluding hydrogens is 298 g/mol. The van der Waals surface area contributed by atoms with Gasteiger partial charge in [-0.3, -0.25) is 0 Å². The Kier molecular flexibility index (Phi) is 3.72. The maximum atomic E-state index is 12.1. The Bertz CT molecular complexity index is 883. The molecule has 116 valence electrons. The summed E-state index contributed by atoms with van der Waals surface area (Å²) in [6.07, 6.45) is 0. The molecule has 0 fully saturated rings. The molecule has 0 aliphatic carbocycles. The minimum Gasteiger partial charge on any atom is -0.491 e. The van der Waals surface area contributed by atoms with Crippen molar-refractivity contribution in [2.45, 2.75) is 0 Å². The Morgan fingerprint density at radius 2 is 1.83 bits per heavy atom. The van der Waals surface area contributed by atoms with E-state index in [0.29, 0.717) is 16.5 Å². The molecule has 0 aliphatic heterocycles. The summed E-state index contributed by atoms with van der Waals surface area (Å²) in [4.78, 5) is 26.0. The molecule has 2 aromatic carbocycles. The molecule has 0 saturated carbocycles. The van der Waals surface area contributed by atoms with Crippen LogP contribution >= 0.6 is 0 Å². The summed E-state index contributed by atoms with van der Waals surface area (Å²) in [5, 5.41) is 9.71. The van der Waals surface area contributed by atoms with Gasteiger partial charge in [0.25, 0.3) is 0 Å². The summed E-state index contributed by atoms with van der Waals surface area (Å²) in [6.45, 7) is 0. The zero-order valence-corrected chi connectivity index (χ0v) is 12.2. The molecule has 0 amide bonds. The summed E-state index contributed by atoms with van der Waals surface area (Å²) >= 11 is 0. The Labute approximate surface area is 131 Å². The molecule has 6 nitrogen and oxygen atoms in total. The number of aromatic amines is 1. The number of carbonyl (C=O) groups excluding carboxylic acids is 1. The van der Waals surface area contributed by atoms with Crippen LogP contribution in [0.1, 0.15) is 20.8 Å². The second-order valence-electron chi connectivity index (χ2n) is 4.80. The van der Waals surface area contributed by atoms with E-state index in [4.69, 9.17) is 14.6 Å². The van der Waals surface area contributed by atoms with Gasteiger partial charge >= 0.3 is 11.9 Å². The van der Waals surface area contributed by atoms with Crippen molar-refractivity contribution in [3.8, 4) is 11.5 Å². The highest BCUT2D eigenvalue weighted by atomic mass is 16.6. The normalized spacial score (nSPS) is 10.5. The van der Waals surface area contributed by atoms with Gasteiger partial charge in [-0.15, -0.1) is 0 Å². The molecule has 1 heterocycles. The standard InChI is InChI=1S/C17H13NO5/c1-22-15-13(23-17(21)10-5-3-2-4-6-10)8-7-11-9-12(16(19)20)18-14(11)15/h2-9,18H,1H3,(H,19,20). The van der Waals surface area contributed by atoms with Crippen LogP contribution in [-0.2, 0) is 0 Å². The Morgan fingerprint density at radius 3 is 2.48 bits per heavy atom. The lowest BCUT2D eigenvalue weighted by atomic mass is 10.2. The van der Waals surface area contributed by atoms with E-state index in [0.717, 1.165) is 0 Å². The lowest BCUT2D eigenvalue weighted by Crippen LogP contribution is -2.09. The van der Waals surface area contributed by atoms with Gasteiger partial charge in [-0.05, 0) is 30.3 Å². The summed E-state index contributed by atoms with van der Waals surface area (Å²) in [5.41, 5.74) is 0.903. The Morgan fingerprint density at radius 1 is 1.09 bits per heavy atom. The van der Waals surface area contributed by atoms with E-state index in [1.54, 1.807) is 42.5 Å². The molecule has 0 atom stereocenters. The van der Waals surface area contributed by atoms with Crippen LogP contribution in [0, 0.1) is 0 Å². The van der Waals surface area contributed by atoms with Crippen molar-refractivity contribution in [1.29, 1.82) is 0 Å². The predicted molar refractivity (Wildman–Crippen MR) is 83.2 cm³/mol. The molecule has 0 aliphatic rings. The van der Waals surface area contributed by atoms with E-state index in [-0.39, 0.29) is 17.2 Å². The summed E-state index contributed by atoms with van der Waals surface area (Å²) in [5.74, 6) is -1.11. The van der Waals surface area contributed by atoms with Gasteiger partial charge in [0.05, 0.1) is 18.2 Å². The zero-order valence-electron chi connectivity index (χ0n) is 12.2. The fraction of sp³-hybridized carbons (Fsp3) is 0.0588. The average Bonchev–Trinajstić information content (AvgIpc) is 3.00. The third-order valence-corrected chi connectivity index (χ3v) is 3.36. The van der Waals surface area contributed by atoms with E-state index in [9.17, 15) is 9.59 Å². The highest BCUT2D eigenvalue weighted by molar-refractivity contribution is 5.98. The van der Waals surface area contributed by atoms with Crippen molar-refractivity contribution in [2.75, 3.05) is 7.11 Å². The number of carboxylic acids is 1. The van der Waals surface area contributed by atoms with Crippen LogP contribution in [-0.4, -0.2) is 29.1 Å². The number of methoxy groups -OCH3 is 1. The largest absolute Gasteiger partial charge is 0.491 e. The topological polar surface area (TPSA) is 88.6 Å². The van der Waals surface area contributed by atoms with Gasteiger partial charge in [-0.1, -0.05) is 18.2 Å². The minimum atomic E-state index is -1.08. The molecule has 0 saturated heterocycles. The van der Waals surface area contributed by atoms with Crippen molar-refractivity contribution in [1.82, 2.24) is 4.98 Å². The van der Waals surface area contributed by atoms with Gasteiger partial charge in [0.1, 0.15) is 5.69 Å². The summed E-state index contributed by atoms with van der Waals surface area (Å²) in [7, 11) is 1.43. The number of carbonyl (C=O) groups is 2. The number of hydrogen-bond donors (Lipinski definition) is 2. The number of H-pyrrole nitrogens is 1. The van der Waals surface area contributed by atoms with Crippen molar-refractivity contribution >= 4 is 22.8 Å². The maximum Gasteiger partial charge on any atom is 0.352 e. The number of fused-ring (bicyclic) bond motifs is 1. The van der Waals surface area contributed by atoms with E-state index >= 15 is 0 Å². The second-order valence-corrected chi connectivity index (χ2v) is 4.80. The van der Waals surface area contributed by atoms with Crippen LogP contribution < -0.4 is 9.47 Å². The molecule has 0 spiro atoms. The molecule has 23 heavy (non-hydrogen) atoms. The smallest absolute Gasteiger partial charge is 0.352 e. The number of aromatic nitrogens is 1. The number of hydrogen-bond acceptors (Lipinski definition) is 4. The quantitative estimate of drug-likeness (QED) is 0.571. The van der Waals surface area contributed by atoms with Crippen LogP contribution in [0.3, 0.4) is 0 Å². The van der Waals surface area contributed by atoms with Crippen LogP contribution in [0.25, 0.3) is 10.9 Å². The molecule has 1 aromatic heterocycles. The molecule has 0 unspecified atom stereocenters. The predicted octanol–water partition coefficient (Wildman–Crippen LogP) is 3.09. The first-order valence-corrected chi connectivity index (χ1v) is 6.80. The highest BCUT2D eigenvalue weighted by Gasteiger charge is 2.17. The van der Waals surface area contributed by atoms with Crippen LogP contribution in [0.2, 0.25) is 0 Å². The second kappa shape index (κ2) is 5.84. The summed E-state index contributed by atoms with van der Waals surface area (Å²) < 4.78 is 10.7. The molecule has 2 N–H and O–H groups in total. The monoisotopic (exact) mass is 311 g/mol. The van der Waals surface area contributed by atoms with Gasteiger partial charge in [-0.25, -0.2) is 9.59 Å². The maximum absolute atomic E-state index is 12.1. The Hall–Kier alpha value is -3.28. The highest BCUT2D eigenvalue weighted by Crippen LogP contribution is 2.35. The molecule has 0 bridgehead atoms. The van der Waals surface area contributed by atoms with Gasteiger partial charge in [0.15, 0.2) is 11.5 Å². The van der Waals surface area contributed by atoms with Crippen LogP contribution in [0.4, 0.5) is 0 Å². The first-order chi connectivity index (χ1) is 11.1. The lowest BCUT2D eigenvalue weighted by Gasteiger charge is -2.10. The number of carboxylic acid groups (broad SMARTS) is 1. The first-order valence-electron chi connectivity index (χ1n) is 6.80. The third-order valence-electron chi connectivity index (χ3n) is 3.36. The SMILES string of the molecule is COc1c(OC(=O)c2ccccc2)ccc2cc(C(=O)O)[nH]c12. The fourth-order valence-corrected chi connectivity index (χ4v) is 2.29. The Balaban J connectivity index is 2.00. The lowest BCUT2D eigenvalue weighted by molar-refractivity contribution is 0.0688. The summed E-state index contributed by atoms with van der Waals surface area (Å²) in [6, 6.07) is 13.3. The van der Waals surface area contributed by atoms with Crippen molar-refractivity contribution in [2.24, 2.45) is 0 Å². The van der Waals surface area contributed by atoms with Gasteiger partial charge < -0.3 is 19.6 Å². The molecule has 6 heteroatoms. The number of esters is 1. The molecule has 0 radical (unpaired) electrons. The first kappa shape index (κ1) is 14.6. The van der Waals surface area contributed by atoms with Crippen LogP contribution in [0.15, 0.2) is 48.5 Å². The number of ether oxygens (including phenoxy) is 2. The van der Waals surface area contributed by atoms with Crippen LogP contribution in [0.5, 0.6) is 11.5 Å². The number of rotatable bonds is 4. The number of nitrogens with one attached hydrogen (secondary N) is 1. The van der Waals surface area contributed by atoms with E-state index in [1.165, 1.54) is 13.2 Å². The van der Waals surface area contributed by atoms with Gasteiger partial charge in [0, 0.05) is 5.39 Å². The third kappa shape index (κ3) is 2.74. The molecule has 3 rings (SSSR count). The van der Waals surface area contributed by atoms with E-state index < -0.39 is 11.9 Å². The van der Waals surface area contributed by atoms with Gasteiger partial charge in [-0.2, -0.15) is 0 Å². The van der Waals surface area contributed by atoms with Crippen molar-refractivity contribution in [3.63, 3.8) is 0 Å². The number of benzene rings is 2. The van der Waals surface area contributed by atoms with E-state index in [2.05, 4.69) is 4.98 Å². The number of aromatic carboxylic acids is 1. The minimum absolute atomic E-state index is 0.0323. The van der Waals surface area contributed by atoms with E-state index in [1.807, 2.05) is 0 Å². The van der Waals surface area contributed by atoms with Crippen molar-refractivity contribution in [3.05, 3.63) is 59.8 Å². The van der Waals surface area contributed by atoms with Gasteiger partial charge in [0.2, 0.25) is 0 Å². The van der Waals surface area contributed by atoms with Crippen molar-refractivity contribution < 1.29 is 24.2 Å². The molecule has 3 aromatic rings. The molecular formula is C17H13NO5. The fourth-order valence-electron chi connectivity index (χ4n) is 2.29. The average molecular weight is 311 g/mol.